The van der Waals surface area contributed by atoms with Gasteiger partial charge < -0.3 is 0 Å². The molecule has 3 rings (SSSR count). The topological polar surface area (TPSA) is 78.7 Å². The molecular formula is C16H13N3O2S. The molecule has 0 saturated heterocycles. The van der Waals surface area contributed by atoms with Crippen LogP contribution in [0.25, 0.3) is 20.7 Å². The molecule has 5 nitrogen and oxygen atoms in total. The van der Waals surface area contributed by atoms with Gasteiger partial charge >= 0.3 is 5.69 Å². The number of nitrogens with zero attached hydrogens (tertiary/aromatic N) is 2. The fraction of sp³-hybridized carbons (Fsp3) is 0.188. The van der Waals surface area contributed by atoms with E-state index >= 15 is 0 Å². The minimum absolute atomic E-state index is 0.258. The molecule has 0 radical (unpaired) electrons. The summed E-state index contributed by atoms with van der Waals surface area (Å²) in [5.74, 6) is 0. The van der Waals surface area contributed by atoms with E-state index in [1.165, 1.54) is 15.9 Å². The van der Waals surface area contributed by atoms with E-state index in [1.807, 2.05) is 42.5 Å². The second kappa shape index (κ2) is 6.00. The molecule has 1 aromatic carbocycles. The van der Waals surface area contributed by atoms with Crippen LogP contribution < -0.4 is 11.2 Å². The highest BCUT2D eigenvalue weighted by molar-refractivity contribution is 7.21. The molecule has 2 heterocycles. The van der Waals surface area contributed by atoms with Crippen molar-refractivity contribution < 1.29 is 0 Å². The Bertz CT molecular complexity index is 961. The Balaban J connectivity index is 2.10. The van der Waals surface area contributed by atoms with Gasteiger partial charge in [-0.15, -0.1) is 11.3 Å². The molecule has 1 N–H and O–H groups in total. The van der Waals surface area contributed by atoms with Crippen molar-refractivity contribution in [3.63, 3.8) is 0 Å². The summed E-state index contributed by atoms with van der Waals surface area (Å²) in [6.07, 6.45) is 0.809. The maximum Gasteiger partial charge on any atom is 0.329 e. The van der Waals surface area contributed by atoms with E-state index in [4.69, 9.17) is 5.26 Å². The Morgan fingerprint density at radius 1 is 1.23 bits per heavy atom. The Morgan fingerprint density at radius 3 is 2.73 bits per heavy atom. The van der Waals surface area contributed by atoms with Gasteiger partial charge in [-0.05, 0) is 18.1 Å². The van der Waals surface area contributed by atoms with Gasteiger partial charge in [-0.2, -0.15) is 5.26 Å². The maximum atomic E-state index is 12.5. The van der Waals surface area contributed by atoms with Crippen molar-refractivity contribution in [2.75, 3.05) is 0 Å². The average Bonchev–Trinajstić information content (AvgIpc) is 2.95. The summed E-state index contributed by atoms with van der Waals surface area (Å²) in [7, 11) is 0. The van der Waals surface area contributed by atoms with Crippen LogP contribution in [0.4, 0.5) is 0 Å². The van der Waals surface area contributed by atoms with Gasteiger partial charge in [0.05, 0.1) is 11.5 Å². The highest BCUT2D eigenvalue weighted by atomic mass is 32.1. The molecule has 0 atom stereocenters. The number of rotatable bonds is 4. The molecule has 3 aromatic rings. The van der Waals surface area contributed by atoms with Gasteiger partial charge in [0.1, 0.15) is 4.83 Å². The van der Waals surface area contributed by atoms with Gasteiger partial charge in [0, 0.05) is 17.8 Å². The van der Waals surface area contributed by atoms with Crippen molar-refractivity contribution in [2.24, 2.45) is 0 Å². The Morgan fingerprint density at radius 2 is 2.00 bits per heavy atom. The Labute approximate surface area is 130 Å². The first kappa shape index (κ1) is 14.3. The van der Waals surface area contributed by atoms with Gasteiger partial charge in [-0.1, -0.05) is 30.3 Å². The van der Waals surface area contributed by atoms with Crippen molar-refractivity contribution in [3.05, 3.63) is 57.2 Å². The van der Waals surface area contributed by atoms with Gasteiger partial charge in [0.2, 0.25) is 0 Å². The zero-order valence-corrected chi connectivity index (χ0v) is 12.5. The number of H-pyrrole nitrogens is 1. The molecule has 0 aliphatic heterocycles. The number of fused-ring (bicyclic) bond motifs is 1. The summed E-state index contributed by atoms with van der Waals surface area (Å²) in [5.41, 5.74) is 0.298. The standard InChI is InChI=1S/C16H13N3O2S/c17-8-4-5-9-19-15(20)12-10-13(11-6-2-1-3-7-11)22-14(12)18-16(19)21/h1-3,6-7,10H,4-5,9H2,(H,18,21). The summed E-state index contributed by atoms with van der Waals surface area (Å²) >= 11 is 1.39. The number of unbranched alkanes of at least 4 members (excludes halogenated alkanes) is 1. The van der Waals surface area contributed by atoms with Crippen molar-refractivity contribution in [2.45, 2.75) is 19.4 Å². The van der Waals surface area contributed by atoms with E-state index < -0.39 is 5.69 Å². The second-order valence-electron chi connectivity index (χ2n) is 4.87. The van der Waals surface area contributed by atoms with Crippen LogP contribution in [0.3, 0.4) is 0 Å². The third-order valence-corrected chi connectivity index (χ3v) is 4.50. The first-order chi connectivity index (χ1) is 10.7. The Hall–Kier alpha value is -2.65. The predicted molar refractivity (Wildman–Crippen MR) is 87.0 cm³/mol. The van der Waals surface area contributed by atoms with Gasteiger partial charge in [-0.3, -0.25) is 14.3 Å². The molecule has 2 aromatic heterocycles. The molecule has 0 bridgehead atoms. The zero-order chi connectivity index (χ0) is 15.5. The third kappa shape index (κ3) is 2.59. The predicted octanol–water partition coefficient (Wildman–Crippen LogP) is 2.72. The van der Waals surface area contributed by atoms with E-state index in [0.717, 1.165) is 10.4 Å². The monoisotopic (exact) mass is 311 g/mol. The van der Waals surface area contributed by atoms with Crippen LogP contribution in [0.2, 0.25) is 0 Å². The van der Waals surface area contributed by atoms with Crippen molar-refractivity contribution in [1.82, 2.24) is 9.55 Å². The lowest BCUT2D eigenvalue weighted by molar-refractivity contribution is 0.605. The van der Waals surface area contributed by atoms with Crippen LogP contribution in [0.5, 0.6) is 0 Å². The van der Waals surface area contributed by atoms with E-state index in [0.29, 0.717) is 23.1 Å². The van der Waals surface area contributed by atoms with E-state index in [-0.39, 0.29) is 12.1 Å². The fourth-order valence-corrected chi connectivity index (χ4v) is 3.35. The van der Waals surface area contributed by atoms with E-state index in [2.05, 4.69) is 4.98 Å². The lowest BCUT2D eigenvalue weighted by Gasteiger charge is -2.01. The first-order valence-corrected chi connectivity index (χ1v) is 7.71. The summed E-state index contributed by atoms with van der Waals surface area (Å²) < 4.78 is 1.17. The second-order valence-corrected chi connectivity index (χ2v) is 5.92. The first-order valence-electron chi connectivity index (χ1n) is 6.90. The molecule has 0 aliphatic carbocycles. The van der Waals surface area contributed by atoms with Crippen molar-refractivity contribution in [1.29, 1.82) is 5.26 Å². The lowest BCUT2D eigenvalue weighted by atomic mass is 10.2. The number of aromatic nitrogens is 2. The highest BCUT2D eigenvalue weighted by Gasteiger charge is 2.12. The molecule has 0 saturated carbocycles. The van der Waals surface area contributed by atoms with E-state index in [1.54, 1.807) is 0 Å². The summed E-state index contributed by atoms with van der Waals surface area (Å²) in [6.45, 7) is 0.258. The van der Waals surface area contributed by atoms with Gasteiger partial charge in [0.25, 0.3) is 5.56 Å². The van der Waals surface area contributed by atoms with Gasteiger partial charge in [-0.25, -0.2) is 4.79 Å². The van der Waals surface area contributed by atoms with Crippen LogP contribution in [0.1, 0.15) is 12.8 Å². The third-order valence-electron chi connectivity index (χ3n) is 3.40. The summed E-state index contributed by atoms with van der Waals surface area (Å²) in [4.78, 5) is 28.8. The molecule has 0 spiro atoms. The smallest absolute Gasteiger partial charge is 0.298 e. The van der Waals surface area contributed by atoms with Gasteiger partial charge in [0.15, 0.2) is 0 Å². The molecule has 0 fully saturated rings. The molecule has 22 heavy (non-hydrogen) atoms. The number of hydrogen-bond donors (Lipinski definition) is 1. The number of aromatic amines is 1. The van der Waals surface area contributed by atoms with Crippen LogP contribution >= 0.6 is 11.3 Å². The number of hydrogen-bond acceptors (Lipinski definition) is 4. The summed E-state index contributed by atoms with van der Waals surface area (Å²) in [5, 5.41) is 9.08. The molecule has 0 unspecified atom stereocenters. The largest absolute Gasteiger partial charge is 0.329 e. The minimum atomic E-state index is -0.420. The molecular weight excluding hydrogens is 298 g/mol. The van der Waals surface area contributed by atoms with Crippen LogP contribution in [0.15, 0.2) is 46.0 Å². The van der Waals surface area contributed by atoms with Crippen molar-refractivity contribution >= 4 is 21.6 Å². The minimum Gasteiger partial charge on any atom is -0.298 e. The normalized spacial score (nSPS) is 10.7. The van der Waals surface area contributed by atoms with Crippen LogP contribution in [0, 0.1) is 11.3 Å². The quantitative estimate of drug-likeness (QED) is 0.752. The van der Waals surface area contributed by atoms with Crippen molar-refractivity contribution in [3.8, 4) is 16.5 Å². The number of benzene rings is 1. The Kier molecular flexibility index (Phi) is 3.90. The molecule has 110 valence electrons. The molecule has 6 heteroatoms. The number of thiophene rings is 1. The molecule has 0 amide bonds. The highest BCUT2D eigenvalue weighted by Crippen LogP contribution is 2.30. The molecule has 0 aliphatic rings. The average molecular weight is 311 g/mol. The van der Waals surface area contributed by atoms with Crippen LogP contribution in [-0.2, 0) is 6.54 Å². The van der Waals surface area contributed by atoms with E-state index in [9.17, 15) is 9.59 Å². The lowest BCUT2D eigenvalue weighted by Crippen LogP contribution is -2.34. The number of nitriles is 1. The number of nitrogens with one attached hydrogen (secondary N) is 1. The fourth-order valence-electron chi connectivity index (χ4n) is 2.31. The summed E-state index contributed by atoms with van der Waals surface area (Å²) in [6, 6.07) is 13.6. The van der Waals surface area contributed by atoms with Crippen LogP contribution in [-0.4, -0.2) is 9.55 Å². The maximum absolute atomic E-state index is 12.5. The zero-order valence-electron chi connectivity index (χ0n) is 11.7. The SMILES string of the molecule is N#CCCCn1c(=O)[nH]c2sc(-c3ccccc3)cc2c1=O.